The fourth-order valence-electron chi connectivity index (χ4n) is 3.78. The maximum absolute atomic E-state index is 13.9. The van der Waals surface area contributed by atoms with Crippen LogP contribution in [0.2, 0.25) is 0 Å². The highest BCUT2D eigenvalue weighted by Gasteiger charge is 2.42. The molecule has 1 saturated carbocycles. The molecular weight excluding hydrogens is 328 g/mol. The first-order chi connectivity index (χ1) is 12.0. The minimum atomic E-state index is -0.613. The Labute approximate surface area is 143 Å². The van der Waals surface area contributed by atoms with Crippen molar-refractivity contribution in [1.82, 2.24) is 14.5 Å². The lowest BCUT2D eigenvalue weighted by molar-refractivity contribution is 0.0940. The van der Waals surface area contributed by atoms with E-state index in [4.69, 9.17) is 0 Å². The molecule has 2 aliphatic rings. The lowest BCUT2D eigenvalue weighted by Gasteiger charge is -2.14. The van der Waals surface area contributed by atoms with Gasteiger partial charge >= 0.3 is 5.69 Å². The van der Waals surface area contributed by atoms with Crippen molar-refractivity contribution < 1.29 is 13.6 Å². The predicted octanol–water partition coefficient (Wildman–Crippen LogP) is 2.09. The standard InChI is InChI=1S/C18H19F2N3O2/c1-22-16(15-4-2-3-7-23(15)18(22)25)17(24)21-14-9-12(14)11-6-5-10(19)8-13(11)20/h5-6,8,12,14H,2-4,7,9H2,1H3,(H,21,24)/t12-,14+/m0/s1. The average molecular weight is 347 g/mol. The molecule has 2 heterocycles. The molecule has 1 aliphatic heterocycles. The third kappa shape index (κ3) is 2.67. The maximum Gasteiger partial charge on any atom is 0.328 e. The second kappa shape index (κ2) is 5.82. The van der Waals surface area contributed by atoms with Crippen LogP contribution in [0.15, 0.2) is 23.0 Å². The molecule has 132 valence electrons. The number of nitrogens with one attached hydrogen (secondary N) is 1. The zero-order valence-electron chi connectivity index (χ0n) is 13.9. The molecule has 0 radical (unpaired) electrons. The number of nitrogens with zero attached hydrogens (tertiary/aromatic N) is 2. The Bertz CT molecular complexity index is 916. The summed E-state index contributed by atoms with van der Waals surface area (Å²) in [4.78, 5) is 24.9. The number of amides is 1. The van der Waals surface area contributed by atoms with Gasteiger partial charge < -0.3 is 5.32 Å². The van der Waals surface area contributed by atoms with Crippen LogP contribution in [-0.2, 0) is 20.0 Å². The van der Waals surface area contributed by atoms with Crippen LogP contribution in [0.1, 0.15) is 46.9 Å². The number of hydrogen-bond donors (Lipinski definition) is 1. The van der Waals surface area contributed by atoms with E-state index in [-0.39, 0.29) is 23.6 Å². The van der Waals surface area contributed by atoms with Crippen LogP contribution in [0, 0.1) is 11.6 Å². The molecule has 1 fully saturated rings. The fraction of sp³-hybridized carbons (Fsp3) is 0.444. The Morgan fingerprint density at radius 3 is 2.84 bits per heavy atom. The molecule has 1 aliphatic carbocycles. The first-order valence-electron chi connectivity index (χ1n) is 8.51. The van der Waals surface area contributed by atoms with E-state index in [1.165, 1.54) is 16.7 Å². The van der Waals surface area contributed by atoms with Gasteiger partial charge in [-0.2, -0.15) is 0 Å². The van der Waals surface area contributed by atoms with Gasteiger partial charge in [0.25, 0.3) is 5.91 Å². The zero-order valence-corrected chi connectivity index (χ0v) is 13.9. The number of carbonyl (C=O) groups excluding carboxylic acids is 1. The first-order valence-corrected chi connectivity index (χ1v) is 8.51. The van der Waals surface area contributed by atoms with Crippen molar-refractivity contribution in [2.45, 2.75) is 44.2 Å². The molecule has 1 amide bonds. The van der Waals surface area contributed by atoms with E-state index < -0.39 is 11.6 Å². The summed E-state index contributed by atoms with van der Waals surface area (Å²) in [5.74, 6) is -1.65. The van der Waals surface area contributed by atoms with Crippen molar-refractivity contribution in [3.63, 3.8) is 0 Å². The number of halogens is 2. The summed E-state index contributed by atoms with van der Waals surface area (Å²) in [5.41, 5.74) is 1.42. The molecule has 25 heavy (non-hydrogen) atoms. The van der Waals surface area contributed by atoms with E-state index in [0.717, 1.165) is 24.6 Å². The Morgan fingerprint density at radius 2 is 2.08 bits per heavy atom. The third-order valence-electron chi connectivity index (χ3n) is 5.18. The summed E-state index contributed by atoms with van der Waals surface area (Å²) < 4.78 is 30.0. The molecule has 2 atom stereocenters. The quantitative estimate of drug-likeness (QED) is 0.924. The maximum atomic E-state index is 13.9. The van der Waals surface area contributed by atoms with Gasteiger partial charge in [-0.3, -0.25) is 13.9 Å². The van der Waals surface area contributed by atoms with E-state index in [1.807, 2.05) is 0 Å². The Hall–Kier alpha value is -2.44. The summed E-state index contributed by atoms with van der Waals surface area (Å²) in [6.45, 7) is 0.641. The van der Waals surface area contributed by atoms with Crippen molar-refractivity contribution in [3.05, 3.63) is 57.3 Å². The molecule has 0 saturated heterocycles. The lowest BCUT2D eigenvalue weighted by Crippen LogP contribution is -2.30. The van der Waals surface area contributed by atoms with Crippen LogP contribution in [0.3, 0.4) is 0 Å². The Balaban J connectivity index is 1.54. The van der Waals surface area contributed by atoms with Gasteiger partial charge in [0.15, 0.2) is 0 Å². The molecular formula is C18H19F2N3O2. The third-order valence-corrected chi connectivity index (χ3v) is 5.18. The molecule has 1 aromatic carbocycles. The molecule has 1 aromatic heterocycles. The second-order valence-corrected chi connectivity index (χ2v) is 6.83. The van der Waals surface area contributed by atoms with Crippen molar-refractivity contribution in [3.8, 4) is 0 Å². The summed E-state index contributed by atoms with van der Waals surface area (Å²) >= 11 is 0. The molecule has 4 rings (SSSR count). The van der Waals surface area contributed by atoms with Gasteiger partial charge in [-0.1, -0.05) is 6.07 Å². The van der Waals surface area contributed by atoms with Crippen LogP contribution >= 0.6 is 0 Å². The molecule has 0 bridgehead atoms. The first kappa shape index (κ1) is 16.1. The molecule has 5 nitrogen and oxygen atoms in total. The summed E-state index contributed by atoms with van der Waals surface area (Å²) in [6.07, 6.45) is 3.21. The largest absolute Gasteiger partial charge is 0.347 e. The van der Waals surface area contributed by atoms with Gasteiger partial charge in [0.05, 0.1) is 5.69 Å². The van der Waals surface area contributed by atoms with Gasteiger partial charge in [0, 0.05) is 31.6 Å². The van der Waals surface area contributed by atoms with Crippen molar-refractivity contribution in [1.29, 1.82) is 0 Å². The average Bonchev–Trinajstić information content (AvgIpc) is 3.27. The van der Waals surface area contributed by atoms with E-state index in [1.54, 1.807) is 11.6 Å². The van der Waals surface area contributed by atoms with Gasteiger partial charge in [0.2, 0.25) is 0 Å². The Kier molecular flexibility index (Phi) is 3.74. The zero-order chi connectivity index (χ0) is 17.7. The lowest BCUT2D eigenvalue weighted by atomic mass is 10.1. The summed E-state index contributed by atoms with van der Waals surface area (Å²) in [5, 5.41) is 2.89. The topological polar surface area (TPSA) is 56.0 Å². The molecule has 0 unspecified atom stereocenters. The van der Waals surface area contributed by atoms with Crippen LogP contribution in [0.5, 0.6) is 0 Å². The van der Waals surface area contributed by atoms with E-state index >= 15 is 0 Å². The summed E-state index contributed by atoms with van der Waals surface area (Å²) in [7, 11) is 1.60. The summed E-state index contributed by atoms with van der Waals surface area (Å²) in [6, 6.07) is 3.32. The van der Waals surface area contributed by atoms with Crippen LogP contribution in [-0.4, -0.2) is 21.1 Å². The minimum Gasteiger partial charge on any atom is -0.347 e. The molecule has 2 aromatic rings. The fourth-order valence-corrected chi connectivity index (χ4v) is 3.78. The van der Waals surface area contributed by atoms with Gasteiger partial charge in [-0.15, -0.1) is 0 Å². The SMILES string of the molecule is Cn1c(C(=O)N[C@@H]2C[C@H]2c2ccc(F)cc2F)c2n(c1=O)CCCC2. The Morgan fingerprint density at radius 1 is 1.28 bits per heavy atom. The number of aromatic nitrogens is 2. The number of carbonyl (C=O) groups is 1. The van der Waals surface area contributed by atoms with Crippen LogP contribution in [0.25, 0.3) is 0 Å². The highest BCUT2D eigenvalue weighted by atomic mass is 19.1. The van der Waals surface area contributed by atoms with Gasteiger partial charge in [-0.25, -0.2) is 13.6 Å². The minimum absolute atomic E-state index is 0.153. The normalized spacial score (nSPS) is 21.7. The number of imidazole rings is 1. The number of benzene rings is 1. The number of fused-ring (bicyclic) bond motifs is 1. The van der Waals surface area contributed by atoms with E-state index in [9.17, 15) is 18.4 Å². The predicted molar refractivity (Wildman–Crippen MR) is 87.6 cm³/mol. The number of hydrogen-bond acceptors (Lipinski definition) is 2. The highest BCUT2D eigenvalue weighted by Crippen LogP contribution is 2.42. The second-order valence-electron chi connectivity index (χ2n) is 6.83. The van der Waals surface area contributed by atoms with E-state index in [2.05, 4.69) is 5.32 Å². The van der Waals surface area contributed by atoms with E-state index in [0.29, 0.717) is 30.6 Å². The van der Waals surface area contributed by atoms with Crippen molar-refractivity contribution >= 4 is 5.91 Å². The van der Waals surface area contributed by atoms with Crippen LogP contribution in [0.4, 0.5) is 8.78 Å². The smallest absolute Gasteiger partial charge is 0.328 e. The van der Waals surface area contributed by atoms with Crippen LogP contribution < -0.4 is 11.0 Å². The number of rotatable bonds is 3. The molecule has 0 spiro atoms. The molecule has 1 N–H and O–H groups in total. The monoisotopic (exact) mass is 347 g/mol. The van der Waals surface area contributed by atoms with Gasteiger partial charge in [0.1, 0.15) is 17.3 Å². The van der Waals surface area contributed by atoms with Crippen molar-refractivity contribution in [2.75, 3.05) is 0 Å². The molecule has 7 heteroatoms. The van der Waals surface area contributed by atoms with Crippen molar-refractivity contribution in [2.24, 2.45) is 7.05 Å². The van der Waals surface area contributed by atoms with Gasteiger partial charge in [-0.05, 0) is 37.3 Å². The highest BCUT2D eigenvalue weighted by molar-refractivity contribution is 5.94.